The Labute approximate surface area is 170 Å². The third kappa shape index (κ3) is 8.41. The van der Waals surface area contributed by atoms with Crippen LogP contribution in [-0.4, -0.2) is 16.6 Å². The molecule has 6 N–H and O–H groups in total. The summed E-state index contributed by atoms with van der Waals surface area (Å²) in [6.45, 7) is 23.2. The Morgan fingerprint density at radius 3 is 0.963 bits per heavy atom. The first-order chi connectivity index (χ1) is 11.4. The molecule has 0 aromatic carbocycles. The highest BCUT2D eigenvalue weighted by Gasteiger charge is 2.45. The Hall–Kier alpha value is -0.120. The maximum atomic E-state index is 6.30. The van der Waals surface area contributed by atoms with Gasteiger partial charge in [-0.05, 0) is 74.0 Å². The van der Waals surface area contributed by atoms with Crippen LogP contribution in [0.4, 0.5) is 0 Å². The molecule has 0 aliphatic heterocycles. The lowest BCUT2D eigenvalue weighted by Gasteiger charge is -2.50. The van der Waals surface area contributed by atoms with Gasteiger partial charge < -0.3 is 16.9 Å². The summed E-state index contributed by atoms with van der Waals surface area (Å²) in [5, 5.41) is 0. The Bertz CT molecular complexity index is 401. The molecule has 3 heteroatoms. The van der Waals surface area contributed by atoms with Crippen LogP contribution in [0.15, 0.2) is 0 Å². The Morgan fingerprint density at radius 1 is 0.519 bits per heavy atom. The van der Waals surface area contributed by atoms with Gasteiger partial charge in [0.15, 0.2) is 0 Å². The van der Waals surface area contributed by atoms with Crippen molar-refractivity contribution >= 4 is 0 Å². The fraction of sp³-hybridized carbons (Fsp3) is 1.00. The van der Waals surface area contributed by atoms with Gasteiger partial charge in [-0.3, -0.25) is 0 Å². The molecule has 2 aliphatic carbocycles. The SMILES string of the molecule is CCC1(C)CC(C)(C)CC(C)(N)C1.CCC1(C)CC(C)(C)CC(C)(N)C1.O. The van der Waals surface area contributed by atoms with Gasteiger partial charge in [0, 0.05) is 11.1 Å². The van der Waals surface area contributed by atoms with Gasteiger partial charge in [0.1, 0.15) is 0 Å². The van der Waals surface area contributed by atoms with E-state index in [1.807, 2.05) is 0 Å². The molecule has 0 saturated heterocycles. The van der Waals surface area contributed by atoms with E-state index in [1.165, 1.54) is 38.5 Å². The molecule has 0 aromatic rings. The maximum Gasteiger partial charge on any atom is 0.0136 e. The van der Waals surface area contributed by atoms with Crippen LogP contribution >= 0.6 is 0 Å². The van der Waals surface area contributed by atoms with E-state index in [2.05, 4.69) is 69.2 Å². The van der Waals surface area contributed by atoms with Gasteiger partial charge >= 0.3 is 0 Å². The van der Waals surface area contributed by atoms with Crippen LogP contribution in [0.2, 0.25) is 0 Å². The zero-order valence-electron chi connectivity index (χ0n) is 20.3. The van der Waals surface area contributed by atoms with Crippen LogP contribution in [-0.2, 0) is 0 Å². The third-order valence-corrected chi connectivity index (χ3v) is 6.94. The summed E-state index contributed by atoms with van der Waals surface area (Å²) < 4.78 is 0. The van der Waals surface area contributed by atoms with Crippen LogP contribution in [0.5, 0.6) is 0 Å². The summed E-state index contributed by atoms with van der Waals surface area (Å²) in [6, 6.07) is 0. The monoisotopic (exact) mass is 384 g/mol. The summed E-state index contributed by atoms with van der Waals surface area (Å²) in [5.41, 5.74) is 14.5. The predicted molar refractivity (Wildman–Crippen MR) is 121 cm³/mol. The minimum Gasteiger partial charge on any atom is -0.412 e. The average Bonchev–Trinajstić information content (AvgIpc) is 2.30. The van der Waals surface area contributed by atoms with Crippen LogP contribution in [0, 0.1) is 21.7 Å². The zero-order chi connectivity index (χ0) is 20.7. The summed E-state index contributed by atoms with van der Waals surface area (Å²) in [6.07, 6.45) is 9.84. The largest absolute Gasteiger partial charge is 0.412 e. The molecule has 2 saturated carbocycles. The topological polar surface area (TPSA) is 83.5 Å². The number of hydrogen-bond donors (Lipinski definition) is 2. The van der Waals surface area contributed by atoms with Crippen LogP contribution in [0.1, 0.15) is 121 Å². The van der Waals surface area contributed by atoms with Gasteiger partial charge in [-0.15, -0.1) is 0 Å². The first-order valence-electron chi connectivity index (χ1n) is 10.9. The van der Waals surface area contributed by atoms with Crippen molar-refractivity contribution in [1.82, 2.24) is 0 Å². The second-order valence-corrected chi connectivity index (χ2v) is 13.0. The molecule has 0 aromatic heterocycles. The van der Waals surface area contributed by atoms with Crippen LogP contribution < -0.4 is 11.5 Å². The molecular weight excluding hydrogens is 332 g/mol. The van der Waals surface area contributed by atoms with E-state index in [0.29, 0.717) is 21.7 Å². The summed E-state index contributed by atoms with van der Waals surface area (Å²) >= 11 is 0. The highest BCUT2D eigenvalue weighted by Crippen LogP contribution is 2.51. The Balaban J connectivity index is 0.000000483. The molecule has 3 nitrogen and oxygen atoms in total. The van der Waals surface area contributed by atoms with E-state index in [4.69, 9.17) is 11.5 Å². The molecule has 2 rings (SSSR count). The maximum absolute atomic E-state index is 6.30. The number of hydrogen-bond acceptors (Lipinski definition) is 2. The molecule has 0 radical (unpaired) electrons. The van der Waals surface area contributed by atoms with E-state index >= 15 is 0 Å². The predicted octanol–water partition coefficient (Wildman–Crippen LogP) is 5.84. The number of rotatable bonds is 2. The average molecular weight is 385 g/mol. The van der Waals surface area contributed by atoms with Gasteiger partial charge in [0.2, 0.25) is 0 Å². The lowest BCUT2D eigenvalue weighted by Crippen LogP contribution is -2.50. The molecule has 0 spiro atoms. The van der Waals surface area contributed by atoms with Crippen molar-refractivity contribution in [2.24, 2.45) is 33.1 Å². The highest BCUT2D eigenvalue weighted by atomic mass is 16.0. The summed E-state index contributed by atoms with van der Waals surface area (Å²) in [7, 11) is 0. The highest BCUT2D eigenvalue weighted by molar-refractivity contribution is 5.00. The Morgan fingerprint density at radius 2 is 0.778 bits per heavy atom. The molecule has 0 amide bonds. The molecule has 2 fully saturated rings. The minimum atomic E-state index is 0. The van der Waals surface area contributed by atoms with Gasteiger partial charge in [0.25, 0.3) is 0 Å². The molecule has 2 aliphatic rings. The fourth-order valence-corrected chi connectivity index (χ4v) is 7.32. The smallest absolute Gasteiger partial charge is 0.0136 e. The van der Waals surface area contributed by atoms with Crippen molar-refractivity contribution in [2.45, 2.75) is 132 Å². The lowest BCUT2D eigenvalue weighted by atomic mass is 9.58. The standard InChI is InChI=1S/2C12H25N.H2O/c2*1-6-11(4)7-10(2,3)8-12(5,13)9-11;/h2*6-9,13H2,1-5H3;1H2. The summed E-state index contributed by atoms with van der Waals surface area (Å²) in [5.74, 6) is 0. The zero-order valence-corrected chi connectivity index (χ0v) is 20.3. The Kier molecular flexibility index (Phi) is 8.28. The van der Waals surface area contributed by atoms with Gasteiger partial charge in [-0.2, -0.15) is 0 Å². The molecule has 4 atom stereocenters. The van der Waals surface area contributed by atoms with E-state index in [9.17, 15) is 0 Å². The first kappa shape index (κ1) is 26.9. The third-order valence-electron chi connectivity index (χ3n) is 6.94. The lowest BCUT2D eigenvalue weighted by molar-refractivity contribution is 0.0412. The molecule has 0 bridgehead atoms. The molecule has 0 heterocycles. The van der Waals surface area contributed by atoms with Crippen molar-refractivity contribution in [3.05, 3.63) is 0 Å². The van der Waals surface area contributed by atoms with Gasteiger partial charge in [0.05, 0.1) is 0 Å². The van der Waals surface area contributed by atoms with Gasteiger partial charge in [-0.1, -0.05) is 68.2 Å². The van der Waals surface area contributed by atoms with Crippen molar-refractivity contribution in [3.8, 4) is 0 Å². The van der Waals surface area contributed by atoms with Crippen molar-refractivity contribution in [2.75, 3.05) is 0 Å². The molecular formula is C24H52N2O. The second-order valence-electron chi connectivity index (χ2n) is 13.0. The minimum absolute atomic E-state index is 0. The fourth-order valence-electron chi connectivity index (χ4n) is 7.32. The van der Waals surface area contributed by atoms with E-state index < -0.39 is 0 Å². The first-order valence-corrected chi connectivity index (χ1v) is 10.9. The second kappa shape index (κ2) is 8.32. The van der Waals surface area contributed by atoms with Gasteiger partial charge in [-0.25, -0.2) is 0 Å². The van der Waals surface area contributed by atoms with E-state index in [0.717, 1.165) is 12.8 Å². The molecule has 4 unspecified atom stereocenters. The molecule has 27 heavy (non-hydrogen) atoms. The number of nitrogens with two attached hydrogens (primary N) is 2. The normalized spacial score (nSPS) is 43.1. The summed E-state index contributed by atoms with van der Waals surface area (Å²) in [4.78, 5) is 0. The van der Waals surface area contributed by atoms with E-state index in [-0.39, 0.29) is 16.6 Å². The quantitative estimate of drug-likeness (QED) is 0.627. The molecule has 164 valence electrons. The van der Waals surface area contributed by atoms with E-state index in [1.54, 1.807) is 0 Å². The van der Waals surface area contributed by atoms with Crippen molar-refractivity contribution < 1.29 is 5.48 Å². The van der Waals surface area contributed by atoms with Crippen LogP contribution in [0.25, 0.3) is 0 Å². The van der Waals surface area contributed by atoms with Crippen molar-refractivity contribution in [1.29, 1.82) is 0 Å². The van der Waals surface area contributed by atoms with Crippen molar-refractivity contribution in [3.63, 3.8) is 0 Å². The van der Waals surface area contributed by atoms with Crippen LogP contribution in [0.3, 0.4) is 0 Å².